The minimum atomic E-state index is -0.310. The Balaban J connectivity index is 1.84. The van der Waals surface area contributed by atoms with Gasteiger partial charge in [0.1, 0.15) is 16.7 Å². The number of anilines is 1. The number of hydrogen-bond donors (Lipinski definition) is 1. The first kappa shape index (κ1) is 20.6. The lowest BCUT2D eigenvalue weighted by Gasteiger charge is -2.29. The molecule has 0 spiro atoms. The van der Waals surface area contributed by atoms with E-state index in [-0.39, 0.29) is 18.3 Å². The fraction of sp³-hybridized carbons (Fsp3) is 0.429. The minimum absolute atomic E-state index is 0.189. The molecule has 5 nitrogen and oxygen atoms in total. The Hall–Kier alpha value is -2.12. The lowest BCUT2D eigenvalue weighted by molar-refractivity contribution is 0.0946. The maximum atomic E-state index is 13.4. The topological polar surface area (TPSA) is 54.5 Å². The van der Waals surface area contributed by atoms with Crippen LogP contribution < -0.4 is 10.2 Å². The lowest BCUT2D eigenvalue weighted by Crippen LogP contribution is -2.37. The van der Waals surface area contributed by atoms with E-state index in [0.717, 1.165) is 35.1 Å². The van der Waals surface area contributed by atoms with Crippen LogP contribution in [0.5, 0.6) is 0 Å². The molecule has 1 aliphatic rings. The number of aryl methyl sites for hydroxylation is 1. The van der Waals surface area contributed by atoms with Crippen molar-refractivity contribution in [2.45, 2.75) is 37.6 Å². The molecule has 0 unspecified atom stereocenters. The van der Waals surface area contributed by atoms with Gasteiger partial charge in [-0.3, -0.25) is 4.79 Å². The van der Waals surface area contributed by atoms with Crippen LogP contribution in [0.4, 0.5) is 10.2 Å². The zero-order valence-corrected chi connectivity index (χ0v) is 17.3. The monoisotopic (exact) mass is 403 g/mol. The van der Waals surface area contributed by atoms with Crippen LogP contribution in [0.15, 0.2) is 35.4 Å². The maximum absolute atomic E-state index is 13.4. The van der Waals surface area contributed by atoms with Crippen LogP contribution in [0.25, 0.3) is 0 Å². The van der Waals surface area contributed by atoms with Gasteiger partial charge < -0.3 is 15.0 Å². The molecule has 1 aromatic carbocycles. The normalized spacial score (nSPS) is 14.4. The Labute approximate surface area is 169 Å². The number of benzene rings is 1. The third-order valence-electron chi connectivity index (χ3n) is 4.42. The number of morpholine rings is 1. The van der Waals surface area contributed by atoms with Crippen molar-refractivity contribution in [3.05, 3.63) is 52.8 Å². The molecule has 1 aromatic heterocycles. The quantitative estimate of drug-likeness (QED) is 0.744. The maximum Gasteiger partial charge on any atom is 0.254 e. The zero-order valence-electron chi connectivity index (χ0n) is 16.5. The van der Waals surface area contributed by atoms with Crippen molar-refractivity contribution in [2.75, 3.05) is 31.2 Å². The second-order valence-corrected chi connectivity index (χ2v) is 8.62. The third kappa shape index (κ3) is 5.23. The molecule has 1 N–H and O–H groups in total. The Kier molecular flexibility index (Phi) is 6.91. The molecule has 3 rings (SSSR count). The summed E-state index contributed by atoms with van der Waals surface area (Å²) in [6.07, 6.45) is 0. The highest BCUT2D eigenvalue weighted by Crippen LogP contribution is 2.30. The Morgan fingerprint density at radius 2 is 2.07 bits per heavy atom. The van der Waals surface area contributed by atoms with Crippen molar-refractivity contribution in [1.82, 2.24) is 10.3 Å². The standard InChI is InChI=1S/C21H26FN3O2S/c1-14(2)28-21-19(20(26)23-13-16-5-4-6-17(22)12-16)15(3)11-18(24-21)25-7-9-27-10-8-25/h4-6,11-12,14H,7-10,13H2,1-3H3,(H,23,26). The summed E-state index contributed by atoms with van der Waals surface area (Å²) in [6, 6.07) is 8.21. The molecule has 7 heteroatoms. The number of pyridine rings is 1. The zero-order chi connectivity index (χ0) is 20.1. The number of ether oxygens (including phenoxy) is 1. The van der Waals surface area contributed by atoms with Gasteiger partial charge in [0.2, 0.25) is 0 Å². The van der Waals surface area contributed by atoms with Crippen molar-refractivity contribution in [3.8, 4) is 0 Å². The minimum Gasteiger partial charge on any atom is -0.378 e. The van der Waals surface area contributed by atoms with Gasteiger partial charge in [0, 0.05) is 24.9 Å². The number of carbonyl (C=O) groups excluding carboxylic acids is 1. The number of hydrogen-bond acceptors (Lipinski definition) is 5. The van der Waals surface area contributed by atoms with Gasteiger partial charge in [-0.15, -0.1) is 11.8 Å². The van der Waals surface area contributed by atoms with Gasteiger partial charge in [-0.25, -0.2) is 9.37 Å². The molecular weight excluding hydrogens is 377 g/mol. The van der Waals surface area contributed by atoms with Crippen LogP contribution in [-0.2, 0) is 11.3 Å². The van der Waals surface area contributed by atoms with Crippen molar-refractivity contribution in [3.63, 3.8) is 0 Å². The van der Waals surface area contributed by atoms with E-state index >= 15 is 0 Å². The number of aromatic nitrogens is 1. The molecule has 1 fully saturated rings. The number of nitrogens with zero attached hydrogens (tertiary/aromatic N) is 2. The van der Waals surface area contributed by atoms with E-state index in [4.69, 9.17) is 9.72 Å². The average molecular weight is 404 g/mol. The molecule has 0 radical (unpaired) electrons. The summed E-state index contributed by atoms with van der Waals surface area (Å²) in [7, 11) is 0. The van der Waals surface area contributed by atoms with Gasteiger partial charge in [0.05, 0.1) is 18.8 Å². The molecule has 2 heterocycles. The molecule has 150 valence electrons. The van der Waals surface area contributed by atoms with E-state index in [1.165, 1.54) is 12.1 Å². The number of nitrogens with one attached hydrogen (secondary N) is 1. The highest BCUT2D eigenvalue weighted by Gasteiger charge is 2.21. The fourth-order valence-electron chi connectivity index (χ4n) is 3.08. The number of thioether (sulfide) groups is 1. The van der Waals surface area contributed by atoms with Crippen LogP contribution in [0, 0.1) is 12.7 Å². The highest BCUT2D eigenvalue weighted by atomic mass is 32.2. The highest BCUT2D eigenvalue weighted by molar-refractivity contribution is 7.99. The molecule has 0 aliphatic carbocycles. The van der Waals surface area contributed by atoms with E-state index < -0.39 is 0 Å². The first-order valence-electron chi connectivity index (χ1n) is 9.47. The van der Waals surface area contributed by atoms with Gasteiger partial charge in [-0.2, -0.15) is 0 Å². The summed E-state index contributed by atoms with van der Waals surface area (Å²) >= 11 is 1.58. The summed E-state index contributed by atoms with van der Waals surface area (Å²) in [6.45, 7) is 9.33. The van der Waals surface area contributed by atoms with Crippen LogP contribution >= 0.6 is 11.8 Å². The number of rotatable bonds is 6. The summed E-state index contributed by atoms with van der Waals surface area (Å²) in [5, 5.41) is 3.93. The molecule has 0 saturated carbocycles. The van der Waals surface area contributed by atoms with Crippen LogP contribution in [0.2, 0.25) is 0 Å². The fourth-order valence-corrected chi connectivity index (χ4v) is 4.05. The summed E-state index contributed by atoms with van der Waals surface area (Å²) in [5.74, 6) is 0.382. The molecule has 2 aromatic rings. The molecule has 0 atom stereocenters. The van der Waals surface area contributed by atoms with E-state index in [9.17, 15) is 9.18 Å². The van der Waals surface area contributed by atoms with Crippen molar-refractivity contribution in [2.24, 2.45) is 0 Å². The number of carbonyl (C=O) groups is 1. The molecule has 1 amide bonds. The van der Waals surface area contributed by atoms with Crippen LogP contribution in [0.1, 0.15) is 35.3 Å². The smallest absolute Gasteiger partial charge is 0.254 e. The largest absolute Gasteiger partial charge is 0.378 e. The van der Waals surface area contributed by atoms with Gasteiger partial charge in [0.15, 0.2) is 0 Å². The Bertz CT molecular complexity index is 838. The summed E-state index contributed by atoms with van der Waals surface area (Å²) in [5.41, 5.74) is 2.20. The molecule has 1 saturated heterocycles. The summed E-state index contributed by atoms with van der Waals surface area (Å²) in [4.78, 5) is 19.9. The van der Waals surface area contributed by atoms with Crippen molar-refractivity contribution < 1.29 is 13.9 Å². The van der Waals surface area contributed by atoms with Crippen LogP contribution in [-0.4, -0.2) is 42.4 Å². The van der Waals surface area contributed by atoms with Gasteiger partial charge >= 0.3 is 0 Å². The lowest BCUT2D eigenvalue weighted by atomic mass is 10.1. The van der Waals surface area contributed by atoms with E-state index in [1.54, 1.807) is 23.9 Å². The number of halogens is 1. The van der Waals surface area contributed by atoms with Gasteiger partial charge in [-0.05, 0) is 36.2 Å². The second kappa shape index (κ2) is 9.39. The predicted octanol–water partition coefficient (Wildman–Crippen LogP) is 3.80. The molecule has 1 aliphatic heterocycles. The van der Waals surface area contributed by atoms with Crippen molar-refractivity contribution in [1.29, 1.82) is 0 Å². The Morgan fingerprint density at radius 1 is 1.32 bits per heavy atom. The molecule has 28 heavy (non-hydrogen) atoms. The average Bonchev–Trinajstić information content (AvgIpc) is 2.66. The number of amides is 1. The Morgan fingerprint density at radius 3 is 2.75 bits per heavy atom. The third-order valence-corrected chi connectivity index (χ3v) is 5.41. The summed E-state index contributed by atoms with van der Waals surface area (Å²) < 4.78 is 18.8. The first-order chi connectivity index (χ1) is 13.4. The van der Waals surface area contributed by atoms with E-state index in [1.807, 2.05) is 13.0 Å². The van der Waals surface area contributed by atoms with Gasteiger partial charge in [-0.1, -0.05) is 26.0 Å². The molecular formula is C21H26FN3O2S. The predicted molar refractivity (Wildman–Crippen MR) is 111 cm³/mol. The molecule has 0 bridgehead atoms. The van der Waals surface area contributed by atoms with E-state index in [0.29, 0.717) is 24.0 Å². The second-order valence-electron chi connectivity index (χ2n) is 7.06. The van der Waals surface area contributed by atoms with Gasteiger partial charge in [0.25, 0.3) is 5.91 Å². The van der Waals surface area contributed by atoms with E-state index in [2.05, 4.69) is 24.1 Å². The first-order valence-corrected chi connectivity index (χ1v) is 10.4. The van der Waals surface area contributed by atoms with Crippen LogP contribution in [0.3, 0.4) is 0 Å². The SMILES string of the molecule is Cc1cc(N2CCOCC2)nc(SC(C)C)c1C(=O)NCc1cccc(F)c1. The van der Waals surface area contributed by atoms with Crippen molar-refractivity contribution >= 4 is 23.5 Å².